The van der Waals surface area contributed by atoms with Crippen molar-refractivity contribution in [1.29, 1.82) is 0 Å². The van der Waals surface area contributed by atoms with Gasteiger partial charge in [-0.3, -0.25) is 0 Å². The van der Waals surface area contributed by atoms with Crippen LogP contribution in [0.15, 0.2) is 5.03 Å². The Labute approximate surface area is 111 Å². The van der Waals surface area contributed by atoms with Crippen molar-refractivity contribution in [3.8, 4) is 0 Å². The van der Waals surface area contributed by atoms with Crippen LogP contribution in [0.25, 0.3) is 0 Å². The van der Waals surface area contributed by atoms with Gasteiger partial charge in [0.2, 0.25) is 0 Å². The number of rotatable bonds is 7. The zero-order valence-corrected chi connectivity index (χ0v) is 11.5. The molecule has 1 aromatic heterocycles. The highest BCUT2D eigenvalue weighted by atomic mass is 32.2. The molecule has 0 spiro atoms. The number of carbonyl (C=O) groups is 1. The summed E-state index contributed by atoms with van der Waals surface area (Å²) in [6.45, 7) is 3.95. The number of aliphatic hydroxyl groups is 1. The average Bonchev–Trinajstić information content (AvgIpc) is 2.37. The van der Waals surface area contributed by atoms with Gasteiger partial charge in [0.1, 0.15) is 5.03 Å². The van der Waals surface area contributed by atoms with Crippen LogP contribution in [0, 0.1) is 0 Å². The fraction of sp³-hybridized carbons (Fsp3) is 0.583. The Kier molecular flexibility index (Phi) is 6.07. The Balaban J connectivity index is 3.13. The largest absolute Gasteiger partial charge is 0.478 e. The third kappa shape index (κ3) is 3.43. The lowest BCUT2D eigenvalue weighted by atomic mass is 10.0. The molecule has 0 saturated carbocycles. The molecule has 0 bridgehead atoms. The molecule has 0 fully saturated rings. The lowest BCUT2D eigenvalue weighted by molar-refractivity contribution is 0.0690. The maximum Gasteiger partial charge on any atom is 0.338 e. The van der Waals surface area contributed by atoms with Gasteiger partial charge in [-0.2, -0.15) is 5.10 Å². The third-order valence-corrected chi connectivity index (χ3v) is 3.62. The van der Waals surface area contributed by atoms with E-state index in [-0.39, 0.29) is 12.2 Å². The second-order valence-corrected chi connectivity index (χ2v) is 4.83. The predicted octanol–water partition coefficient (Wildman–Crippen LogP) is 1.77. The molecule has 100 valence electrons. The van der Waals surface area contributed by atoms with Crippen molar-refractivity contribution in [3.05, 3.63) is 16.8 Å². The quantitative estimate of drug-likeness (QED) is 0.580. The van der Waals surface area contributed by atoms with Crippen LogP contribution in [0.3, 0.4) is 0 Å². The van der Waals surface area contributed by atoms with Gasteiger partial charge in [-0.1, -0.05) is 13.8 Å². The van der Waals surface area contributed by atoms with Gasteiger partial charge in [0.05, 0.1) is 11.3 Å². The molecule has 0 aliphatic rings. The maximum atomic E-state index is 11.4. The van der Waals surface area contributed by atoms with Crippen LogP contribution in [0.5, 0.6) is 0 Å². The fourth-order valence-electron chi connectivity index (χ4n) is 1.71. The van der Waals surface area contributed by atoms with Gasteiger partial charge in [-0.15, -0.1) is 16.9 Å². The first-order chi connectivity index (χ1) is 8.65. The summed E-state index contributed by atoms with van der Waals surface area (Å²) in [5.74, 6) is -0.317. The van der Waals surface area contributed by atoms with Crippen LogP contribution >= 0.6 is 11.8 Å². The molecule has 5 nitrogen and oxygen atoms in total. The van der Waals surface area contributed by atoms with Crippen LogP contribution in [-0.2, 0) is 12.8 Å². The Morgan fingerprint density at radius 1 is 1.28 bits per heavy atom. The Morgan fingerprint density at radius 3 is 2.50 bits per heavy atom. The molecule has 0 unspecified atom stereocenters. The molecular formula is C12H18N2O3S. The lowest BCUT2D eigenvalue weighted by Crippen LogP contribution is -2.11. The van der Waals surface area contributed by atoms with Gasteiger partial charge < -0.3 is 10.2 Å². The van der Waals surface area contributed by atoms with Crippen LogP contribution in [0.2, 0.25) is 0 Å². The average molecular weight is 270 g/mol. The number of hydrogen-bond acceptors (Lipinski definition) is 5. The van der Waals surface area contributed by atoms with Crippen LogP contribution in [0.4, 0.5) is 0 Å². The van der Waals surface area contributed by atoms with E-state index in [9.17, 15) is 9.90 Å². The number of thioether (sulfide) groups is 1. The molecule has 2 N–H and O–H groups in total. The summed E-state index contributed by atoms with van der Waals surface area (Å²) in [5.41, 5.74) is 1.79. The van der Waals surface area contributed by atoms with E-state index in [1.165, 1.54) is 11.8 Å². The van der Waals surface area contributed by atoms with Crippen molar-refractivity contribution >= 4 is 17.7 Å². The second-order valence-electron chi connectivity index (χ2n) is 3.74. The number of aromatic carboxylic acids is 1. The summed E-state index contributed by atoms with van der Waals surface area (Å²) in [4.78, 5) is 11.4. The molecule has 0 atom stereocenters. The summed E-state index contributed by atoms with van der Waals surface area (Å²) >= 11 is 1.33. The minimum atomic E-state index is -0.956. The monoisotopic (exact) mass is 270 g/mol. The number of aromatic nitrogens is 2. The summed E-state index contributed by atoms with van der Waals surface area (Å²) in [6.07, 6.45) is 1.92. The number of carboxylic acid groups (broad SMARTS) is 1. The number of nitrogens with zero attached hydrogens (tertiary/aromatic N) is 2. The van der Waals surface area contributed by atoms with Crippen molar-refractivity contribution in [2.45, 2.75) is 38.1 Å². The van der Waals surface area contributed by atoms with Gasteiger partial charge in [0.25, 0.3) is 0 Å². The molecule has 0 aromatic carbocycles. The molecule has 1 aromatic rings. The van der Waals surface area contributed by atoms with E-state index in [0.29, 0.717) is 30.0 Å². The van der Waals surface area contributed by atoms with Crippen LogP contribution in [-0.4, -0.2) is 38.7 Å². The summed E-state index contributed by atoms with van der Waals surface area (Å²) in [7, 11) is 0. The molecule has 6 heteroatoms. The first-order valence-corrected chi connectivity index (χ1v) is 6.99. The number of aryl methyl sites for hydroxylation is 1. The Bertz CT molecular complexity index is 424. The van der Waals surface area contributed by atoms with E-state index >= 15 is 0 Å². The smallest absolute Gasteiger partial charge is 0.338 e. The van der Waals surface area contributed by atoms with E-state index in [0.717, 1.165) is 11.3 Å². The molecule has 1 rings (SSSR count). The number of aliphatic hydroxyl groups excluding tert-OH is 1. The van der Waals surface area contributed by atoms with Crippen molar-refractivity contribution < 1.29 is 15.0 Å². The van der Waals surface area contributed by atoms with E-state index in [1.54, 1.807) is 0 Å². The summed E-state index contributed by atoms with van der Waals surface area (Å²) in [6, 6.07) is 0. The highest BCUT2D eigenvalue weighted by molar-refractivity contribution is 7.99. The summed E-state index contributed by atoms with van der Waals surface area (Å²) < 4.78 is 0. The van der Waals surface area contributed by atoms with Gasteiger partial charge in [-0.05, 0) is 24.8 Å². The number of carboxylic acids is 1. The SMILES string of the molecule is CCc1nnc(SCCCO)c(C(=O)O)c1CC. The van der Waals surface area contributed by atoms with Gasteiger partial charge >= 0.3 is 5.97 Å². The molecule has 0 amide bonds. The third-order valence-electron chi connectivity index (χ3n) is 2.57. The summed E-state index contributed by atoms with van der Waals surface area (Å²) in [5, 5.41) is 26.6. The van der Waals surface area contributed by atoms with E-state index < -0.39 is 5.97 Å². The van der Waals surface area contributed by atoms with Crippen molar-refractivity contribution in [2.75, 3.05) is 12.4 Å². The molecule has 18 heavy (non-hydrogen) atoms. The standard InChI is InChI=1S/C12H18N2O3S/c1-3-8-9(4-2)13-14-11(10(8)12(16)17)18-7-5-6-15/h15H,3-7H2,1-2H3,(H,16,17). The zero-order valence-electron chi connectivity index (χ0n) is 10.6. The predicted molar refractivity (Wildman–Crippen MR) is 70.2 cm³/mol. The maximum absolute atomic E-state index is 11.4. The van der Waals surface area contributed by atoms with Crippen molar-refractivity contribution in [2.24, 2.45) is 0 Å². The highest BCUT2D eigenvalue weighted by Crippen LogP contribution is 2.25. The normalized spacial score (nSPS) is 10.6. The number of hydrogen-bond donors (Lipinski definition) is 2. The Morgan fingerprint density at radius 2 is 2.00 bits per heavy atom. The molecule has 0 radical (unpaired) electrons. The minimum Gasteiger partial charge on any atom is -0.478 e. The minimum absolute atomic E-state index is 0.0938. The highest BCUT2D eigenvalue weighted by Gasteiger charge is 2.20. The zero-order chi connectivity index (χ0) is 13.5. The Hall–Kier alpha value is -1.14. The van der Waals surface area contributed by atoms with Gasteiger partial charge in [-0.25, -0.2) is 4.79 Å². The van der Waals surface area contributed by atoms with E-state index in [2.05, 4.69) is 10.2 Å². The van der Waals surface area contributed by atoms with E-state index in [4.69, 9.17) is 5.11 Å². The molecule has 0 aliphatic carbocycles. The second kappa shape index (κ2) is 7.33. The fourth-order valence-corrected chi connectivity index (χ4v) is 2.63. The van der Waals surface area contributed by atoms with Gasteiger partial charge in [0.15, 0.2) is 0 Å². The molecule has 1 heterocycles. The first-order valence-electron chi connectivity index (χ1n) is 6.01. The first kappa shape index (κ1) is 14.9. The molecular weight excluding hydrogens is 252 g/mol. The lowest BCUT2D eigenvalue weighted by Gasteiger charge is -2.11. The van der Waals surface area contributed by atoms with E-state index in [1.807, 2.05) is 13.8 Å². The van der Waals surface area contributed by atoms with Gasteiger partial charge in [0, 0.05) is 12.4 Å². The topological polar surface area (TPSA) is 83.3 Å². The van der Waals surface area contributed by atoms with Crippen LogP contribution < -0.4 is 0 Å². The molecule has 0 aliphatic heterocycles. The molecule has 0 saturated heterocycles. The van der Waals surface area contributed by atoms with Crippen LogP contribution in [0.1, 0.15) is 41.9 Å². The van der Waals surface area contributed by atoms with Crippen molar-refractivity contribution in [1.82, 2.24) is 10.2 Å². The van der Waals surface area contributed by atoms with Crippen molar-refractivity contribution in [3.63, 3.8) is 0 Å².